The van der Waals surface area contributed by atoms with E-state index in [1.807, 2.05) is 24.3 Å². The van der Waals surface area contributed by atoms with Crippen LogP contribution in [0.25, 0.3) is 11.4 Å². The summed E-state index contributed by atoms with van der Waals surface area (Å²) < 4.78 is 5.14. The lowest BCUT2D eigenvalue weighted by molar-refractivity contribution is 0.415. The zero-order valence-corrected chi connectivity index (χ0v) is 15.9. The van der Waals surface area contributed by atoms with E-state index in [1.165, 1.54) is 0 Å². The quantitative estimate of drug-likeness (QED) is 0.372. The van der Waals surface area contributed by atoms with E-state index >= 15 is 0 Å². The van der Waals surface area contributed by atoms with Crippen molar-refractivity contribution in [3.8, 4) is 17.1 Å². The van der Waals surface area contributed by atoms with Gasteiger partial charge in [0, 0.05) is 19.2 Å². The van der Waals surface area contributed by atoms with E-state index in [9.17, 15) is 0 Å². The van der Waals surface area contributed by atoms with Crippen LogP contribution in [0.3, 0.4) is 0 Å². The highest BCUT2D eigenvalue weighted by Gasteiger charge is 2.06. The molecule has 0 unspecified atom stereocenters. The number of aromatic nitrogens is 3. The fourth-order valence-electron chi connectivity index (χ4n) is 1.88. The number of H-pyrrole nitrogens is 1. The van der Waals surface area contributed by atoms with Crippen molar-refractivity contribution >= 4 is 29.9 Å². The number of guanidine groups is 1. The van der Waals surface area contributed by atoms with Gasteiger partial charge >= 0.3 is 0 Å². The number of hydrogen-bond acceptors (Lipinski definition) is 4. The monoisotopic (exact) mass is 430 g/mol. The second-order valence-electron chi connectivity index (χ2n) is 4.69. The van der Waals surface area contributed by atoms with Gasteiger partial charge in [-0.05, 0) is 30.7 Å². The SMILES string of the molecule is CCCNC(=NC)NCc1nc(-c2ccc(OC)cc2)n[nH]1.I. The molecule has 7 nitrogen and oxygen atoms in total. The third-order valence-corrected chi connectivity index (χ3v) is 3.07. The molecular formula is C15H23IN6O. The first-order chi connectivity index (χ1) is 10.8. The van der Waals surface area contributed by atoms with Gasteiger partial charge in [0.25, 0.3) is 0 Å². The van der Waals surface area contributed by atoms with Crippen molar-refractivity contribution in [1.82, 2.24) is 25.8 Å². The lowest BCUT2D eigenvalue weighted by Crippen LogP contribution is -2.37. The highest BCUT2D eigenvalue weighted by Crippen LogP contribution is 2.18. The molecule has 23 heavy (non-hydrogen) atoms. The fourth-order valence-corrected chi connectivity index (χ4v) is 1.88. The van der Waals surface area contributed by atoms with E-state index in [0.717, 1.165) is 36.1 Å². The molecule has 2 aromatic rings. The highest BCUT2D eigenvalue weighted by molar-refractivity contribution is 14.0. The molecule has 0 fully saturated rings. The lowest BCUT2D eigenvalue weighted by Gasteiger charge is -2.09. The van der Waals surface area contributed by atoms with Gasteiger partial charge in [0.15, 0.2) is 11.8 Å². The van der Waals surface area contributed by atoms with Crippen LogP contribution >= 0.6 is 24.0 Å². The van der Waals surface area contributed by atoms with Crippen LogP contribution in [0.15, 0.2) is 29.3 Å². The number of benzene rings is 1. The van der Waals surface area contributed by atoms with Crippen molar-refractivity contribution in [2.24, 2.45) is 4.99 Å². The Kier molecular flexibility index (Phi) is 8.38. The van der Waals surface area contributed by atoms with Crippen LogP contribution in [0.1, 0.15) is 19.2 Å². The predicted octanol–water partition coefficient (Wildman–Crippen LogP) is 2.17. The van der Waals surface area contributed by atoms with Gasteiger partial charge < -0.3 is 15.4 Å². The third kappa shape index (κ3) is 5.70. The van der Waals surface area contributed by atoms with E-state index in [-0.39, 0.29) is 24.0 Å². The van der Waals surface area contributed by atoms with E-state index in [1.54, 1.807) is 14.2 Å². The van der Waals surface area contributed by atoms with Gasteiger partial charge in [0.1, 0.15) is 11.6 Å². The zero-order valence-electron chi connectivity index (χ0n) is 13.6. The molecule has 1 aromatic carbocycles. The van der Waals surface area contributed by atoms with Crippen LogP contribution < -0.4 is 15.4 Å². The van der Waals surface area contributed by atoms with Gasteiger partial charge in [0.05, 0.1) is 13.7 Å². The maximum atomic E-state index is 5.14. The summed E-state index contributed by atoms with van der Waals surface area (Å²) in [6.45, 7) is 3.53. The lowest BCUT2D eigenvalue weighted by atomic mass is 10.2. The van der Waals surface area contributed by atoms with Crippen LogP contribution in [0.2, 0.25) is 0 Å². The average molecular weight is 430 g/mol. The molecule has 126 valence electrons. The van der Waals surface area contributed by atoms with Crippen LogP contribution in [0, 0.1) is 0 Å². The summed E-state index contributed by atoms with van der Waals surface area (Å²) in [5, 5.41) is 13.6. The van der Waals surface area contributed by atoms with Gasteiger partial charge in [-0.3, -0.25) is 10.1 Å². The fraction of sp³-hybridized carbons (Fsp3) is 0.400. The third-order valence-electron chi connectivity index (χ3n) is 3.07. The Morgan fingerprint density at radius 1 is 1.26 bits per heavy atom. The summed E-state index contributed by atoms with van der Waals surface area (Å²) in [4.78, 5) is 8.61. The molecule has 0 radical (unpaired) electrons. The summed E-state index contributed by atoms with van der Waals surface area (Å²) in [6, 6.07) is 7.64. The van der Waals surface area contributed by atoms with E-state index in [2.05, 4.69) is 37.7 Å². The maximum Gasteiger partial charge on any atom is 0.191 e. The predicted molar refractivity (Wildman–Crippen MR) is 102 cm³/mol. The van der Waals surface area contributed by atoms with Gasteiger partial charge in [-0.15, -0.1) is 24.0 Å². The summed E-state index contributed by atoms with van der Waals surface area (Å²) in [6.07, 6.45) is 1.05. The van der Waals surface area contributed by atoms with Gasteiger partial charge in [-0.2, -0.15) is 5.10 Å². The van der Waals surface area contributed by atoms with Gasteiger partial charge in [0.2, 0.25) is 0 Å². The zero-order chi connectivity index (χ0) is 15.8. The molecule has 0 saturated heterocycles. The number of nitrogens with zero attached hydrogens (tertiary/aromatic N) is 3. The normalized spacial score (nSPS) is 10.8. The number of nitrogens with one attached hydrogen (secondary N) is 3. The Balaban J connectivity index is 0.00000264. The van der Waals surface area contributed by atoms with Crippen molar-refractivity contribution in [3.05, 3.63) is 30.1 Å². The highest BCUT2D eigenvalue weighted by atomic mass is 127. The van der Waals surface area contributed by atoms with Gasteiger partial charge in [-0.25, -0.2) is 4.98 Å². The number of ether oxygens (including phenoxy) is 1. The molecule has 8 heteroatoms. The topological polar surface area (TPSA) is 87.2 Å². The van der Waals surface area contributed by atoms with Crippen molar-refractivity contribution in [3.63, 3.8) is 0 Å². The molecule has 0 amide bonds. The summed E-state index contributed by atoms with van der Waals surface area (Å²) in [5.41, 5.74) is 0.941. The molecule has 0 aliphatic heterocycles. The Hall–Kier alpha value is -1.84. The van der Waals surface area contributed by atoms with Crippen molar-refractivity contribution in [2.75, 3.05) is 20.7 Å². The number of methoxy groups -OCH3 is 1. The van der Waals surface area contributed by atoms with Crippen molar-refractivity contribution < 1.29 is 4.74 Å². The smallest absolute Gasteiger partial charge is 0.191 e. The van der Waals surface area contributed by atoms with Crippen molar-refractivity contribution in [2.45, 2.75) is 19.9 Å². The Bertz CT molecular complexity index is 611. The molecule has 1 heterocycles. The minimum absolute atomic E-state index is 0. The second-order valence-corrected chi connectivity index (χ2v) is 4.69. The molecule has 0 aliphatic carbocycles. The van der Waals surface area contributed by atoms with E-state index < -0.39 is 0 Å². The average Bonchev–Trinajstić information content (AvgIpc) is 3.04. The molecule has 0 spiro atoms. The first kappa shape index (κ1) is 19.2. The molecule has 0 atom stereocenters. The van der Waals surface area contributed by atoms with E-state index in [4.69, 9.17) is 4.74 Å². The first-order valence-corrected chi connectivity index (χ1v) is 7.27. The number of halogens is 1. The number of aromatic amines is 1. The molecule has 0 saturated carbocycles. The van der Waals surface area contributed by atoms with Gasteiger partial charge in [-0.1, -0.05) is 6.92 Å². The standard InChI is InChI=1S/C15H22N6O.HI/c1-4-9-17-15(16-2)18-10-13-19-14(21-20-13)11-5-7-12(22-3)8-6-11;/h5-8H,4,9-10H2,1-3H3,(H2,16,17,18)(H,19,20,21);1H. The molecule has 1 aromatic heterocycles. The van der Waals surface area contributed by atoms with Crippen molar-refractivity contribution in [1.29, 1.82) is 0 Å². The van der Waals surface area contributed by atoms with E-state index in [0.29, 0.717) is 12.4 Å². The Labute approximate surface area is 153 Å². The van der Waals surface area contributed by atoms with Crippen LogP contribution in [-0.4, -0.2) is 41.8 Å². The first-order valence-electron chi connectivity index (χ1n) is 7.27. The minimum atomic E-state index is 0. The number of rotatable bonds is 6. The molecule has 2 rings (SSSR count). The Morgan fingerprint density at radius 2 is 2.00 bits per heavy atom. The molecule has 0 bridgehead atoms. The summed E-state index contributed by atoms with van der Waals surface area (Å²) >= 11 is 0. The number of hydrogen-bond donors (Lipinski definition) is 3. The Morgan fingerprint density at radius 3 is 2.61 bits per heavy atom. The minimum Gasteiger partial charge on any atom is -0.497 e. The molecular weight excluding hydrogens is 407 g/mol. The summed E-state index contributed by atoms with van der Waals surface area (Å²) in [5.74, 6) is 2.98. The number of aliphatic imine (C=N–C) groups is 1. The largest absolute Gasteiger partial charge is 0.497 e. The molecule has 3 N–H and O–H groups in total. The maximum absolute atomic E-state index is 5.14. The van der Waals surface area contributed by atoms with Crippen LogP contribution in [0.5, 0.6) is 5.75 Å². The summed E-state index contributed by atoms with van der Waals surface area (Å²) in [7, 11) is 3.39. The van der Waals surface area contributed by atoms with Crippen LogP contribution in [-0.2, 0) is 6.54 Å². The van der Waals surface area contributed by atoms with Crippen LogP contribution in [0.4, 0.5) is 0 Å². The second kappa shape index (κ2) is 10.0. The molecule has 0 aliphatic rings.